The molecule has 0 fully saturated rings. The highest BCUT2D eigenvalue weighted by Crippen LogP contribution is 2.25. The minimum Gasteiger partial charge on any atom is -0.495 e. The summed E-state index contributed by atoms with van der Waals surface area (Å²) in [6, 6.07) is 12.7. The van der Waals surface area contributed by atoms with E-state index in [9.17, 15) is 4.79 Å². The highest BCUT2D eigenvalue weighted by Gasteiger charge is 2.09. The first kappa shape index (κ1) is 16.3. The Morgan fingerprint density at radius 2 is 2.00 bits per heavy atom. The fourth-order valence-corrected chi connectivity index (χ4v) is 2.38. The van der Waals surface area contributed by atoms with Crippen LogP contribution in [0.3, 0.4) is 0 Å². The van der Waals surface area contributed by atoms with Gasteiger partial charge in [0.2, 0.25) is 0 Å². The van der Waals surface area contributed by atoms with Gasteiger partial charge < -0.3 is 15.0 Å². The molecule has 5 heteroatoms. The first-order chi connectivity index (χ1) is 10.5. The Labute approximate surface area is 135 Å². The second-order valence-electron chi connectivity index (χ2n) is 5.24. The van der Waals surface area contributed by atoms with Crippen molar-refractivity contribution in [3.63, 3.8) is 0 Å². The van der Waals surface area contributed by atoms with Crippen molar-refractivity contribution in [2.45, 2.75) is 6.54 Å². The van der Waals surface area contributed by atoms with Gasteiger partial charge in [0.05, 0.1) is 12.1 Å². The molecule has 0 radical (unpaired) electrons. The smallest absolute Gasteiger partial charge is 0.255 e. The van der Waals surface area contributed by atoms with Gasteiger partial charge in [-0.15, -0.1) is 0 Å². The Balaban J connectivity index is 2.13. The lowest BCUT2D eigenvalue weighted by molar-refractivity contribution is 0.102. The molecule has 0 atom stereocenters. The van der Waals surface area contributed by atoms with Gasteiger partial charge in [-0.2, -0.15) is 0 Å². The minimum absolute atomic E-state index is 0.202. The van der Waals surface area contributed by atoms with Crippen LogP contribution in [0.2, 0.25) is 5.02 Å². The fourth-order valence-electron chi connectivity index (χ4n) is 2.12. The second-order valence-corrected chi connectivity index (χ2v) is 5.65. The van der Waals surface area contributed by atoms with Crippen molar-refractivity contribution < 1.29 is 9.53 Å². The van der Waals surface area contributed by atoms with Crippen molar-refractivity contribution in [1.29, 1.82) is 0 Å². The highest BCUT2D eigenvalue weighted by molar-refractivity contribution is 6.32. The van der Waals surface area contributed by atoms with Crippen molar-refractivity contribution in [1.82, 2.24) is 4.90 Å². The molecule has 0 spiro atoms. The average Bonchev–Trinajstić information content (AvgIpc) is 2.46. The summed E-state index contributed by atoms with van der Waals surface area (Å²) < 4.78 is 5.08. The molecule has 0 aromatic heterocycles. The lowest BCUT2D eigenvalue weighted by Crippen LogP contribution is -2.13. The first-order valence-electron chi connectivity index (χ1n) is 6.88. The van der Waals surface area contributed by atoms with Crippen molar-refractivity contribution >= 4 is 23.2 Å². The molecule has 1 amide bonds. The number of nitrogens with one attached hydrogen (secondary N) is 1. The number of ether oxygens (including phenoxy) is 1. The molecule has 0 saturated carbocycles. The number of rotatable bonds is 5. The second kappa shape index (κ2) is 7.29. The fraction of sp³-hybridized carbons (Fsp3) is 0.235. The standard InChI is InChI=1S/C17H19ClN2O2/c1-20(2)11-12-5-4-6-14(9-12)19-17(21)13-7-8-16(22-3)15(18)10-13/h4-10H,11H2,1-3H3,(H,19,21). The number of nitrogens with zero attached hydrogens (tertiary/aromatic N) is 1. The lowest BCUT2D eigenvalue weighted by Gasteiger charge is -2.12. The van der Waals surface area contributed by atoms with Gasteiger partial charge >= 0.3 is 0 Å². The zero-order valence-corrected chi connectivity index (χ0v) is 13.6. The Hall–Kier alpha value is -2.04. The van der Waals surface area contributed by atoms with Gasteiger partial charge in [0.1, 0.15) is 5.75 Å². The summed E-state index contributed by atoms with van der Waals surface area (Å²) in [7, 11) is 5.55. The molecule has 0 unspecified atom stereocenters. The number of benzene rings is 2. The molecule has 2 aromatic carbocycles. The Kier molecular flexibility index (Phi) is 5.41. The third-order valence-corrected chi connectivity index (χ3v) is 3.39. The summed E-state index contributed by atoms with van der Waals surface area (Å²) in [5.74, 6) is 0.345. The largest absolute Gasteiger partial charge is 0.495 e. The number of hydrogen-bond donors (Lipinski definition) is 1. The van der Waals surface area contributed by atoms with Gasteiger partial charge in [-0.3, -0.25) is 4.79 Å². The quantitative estimate of drug-likeness (QED) is 0.914. The van der Waals surface area contributed by atoms with Crippen LogP contribution in [0.5, 0.6) is 5.75 Å². The molecule has 0 aliphatic rings. The van der Waals surface area contributed by atoms with E-state index in [4.69, 9.17) is 16.3 Å². The molecule has 0 heterocycles. The zero-order chi connectivity index (χ0) is 16.1. The average molecular weight is 319 g/mol. The predicted molar refractivity (Wildman–Crippen MR) is 89.8 cm³/mol. The maximum atomic E-state index is 12.3. The zero-order valence-electron chi connectivity index (χ0n) is 12.9. The van der Waals surface area contributed by atoms with Crippen molar-refractivity contribution in [3.05, 3.63) is 58.6 Å². The molecule has 0 aliphatic heterocycles. The molecular formula is C17H19ClN2O2. The van der Waals surface area contributed by atoms with Crippen molar-refractivity contribution in [2.75, 3.05) is 26.5 Å². The van der Waals surface area contributed by atoms with Crippen LogP contribution in [0, 0.1) is 0 Å². The number of halogens is 1. The van der Waals surface area contributed by atoms with Gasteiger partial charge in [0.15, 0.2) is 0 Å². The topological polar surface area (TPSA) is 41.6 Å². The first-order valence-corrected chi connectivity index (χ1v) is 7.26. The van der Waals surface area contributed by atoms with Gasteiger partial charge in [-0.1, -0.05) is 23.7 Å². The third-order valence-electron chi connectivity index (χ3n) is 3.10. The van der Waals surface area contributed by atoms with Gasteiger partial charge in [0, 0.05) is 17.8 Å². The van der Waals surface area contributed by atoms with E-state index in [1.54, 1.807) is 18.2 Å². The van der Waals surface area contributed by atoms with E-state index in [2.05, 4.69) is 10.2 Å². The van der Waals surface area contributed by atoms with Crippen LogP contribution in [-0.2, 0) is 6.54 Å². The number of carbonyl (C=O) groups excluding carboxylic acids is 1. The van der Waals surface area contributed by atoms with Crippen LogP contribution < -0.4 is 10.1 Å². The Morgan fingerprint density at radius 1 is 1.23 bits per heavy atom. The van der Waals surface area contributed by atoms with E-state index in [-0.39, 0.29) is 5.91 Å². The van der Waals surface area contributed by atoms with E-state index >= 15 is 0 Å². The molecule has 2 aromatic rings. The number of carbonyl (C=O) groups is 1. The number of anilines is 1. The van der Waals surface area contributed by atoms with Crippen molar-refractivity contribution in [2.24, 2.45) is 0 Å². The molecule has 116 valence electrons. The van der Waals surface area contributed by atoms with Crippen LogP contribution in [0.1, 0.15) is 15.9 Å². The molecule has 0 bridgehead atoms. The van der Waals surface area contributed by atoms with E-state index in [1.165, 1.54) is 7.11 Å². The molecule has 4 nitrogen and oxygen atoms in total. The van der Waals surface area contributed by atoms with Gasteiger partial charge in [0.25, 0.3) is 5.91 Å². The molecule has 2 rings (SSSR count). The highest BCUT2D eigenvalue weighted by atomic mass is 35.5. The number of amides is 1. The molecule has 0 saturated heterocycles. The summed E-state index contributed by atoms with van der Waals surface area (Å²) in [4.78, 5) is 14.4. The minimum atomic E-state index is -0.202. The molecule has 0 aliphatic carbocycles. The van der Waals surface area contributed by atoms with Crippen LogP contribution in [0.4, 0.5) is 5.69 Å². The van der Waals surface area contributed by atoms with Crippen LogP contribution in [0.25, 0.3) is 0 Å². The number of methoxy groups -OCH3 is 1. The summed E-state index contributed by atoms with van der Waals surface area (Å²) >= 11 is 6.05. The maximum Gasteiger partial charge on any atom is 0.255 e. The third kappa shape index (κ3) is 4.23. The van der Waals surface area contributed by atoms with E-state index in [1.807, 2.05) is 38.4 Å². The van der Waals surface area contributed by atoms with Crippen LogP contribution >= 0.6 is 11.6 Å². The van der Waals surface area contributed by atoms with Crippen LogP contribution in [0.15, 0.2) is 42.5 Å². The molecule has 1 N–H and O–H groups in total. The monoisotopic (exact) mass is 318 g/mol. The molecule has 22 heavy (non-hydrogen) atoms. The number of hydrogen-bond acceptors (Lipinski definition) is 3. The molecular weight excluding hydrogens is 300 g/mol. The predicted octanol–water partition coefficient (Wildman–Crippen LogP) is 3.66. The summed E-state index contributed by atoms with van der Waals surface area (Å²) in [5, 5.41) is 3.29. The SMILES string of the molecule is COc1ccc(C(=O)Nc2cccc(CN(C)C)c2)cc1Cl. The van der Waals surface area contributed by atoms with E-state index in [0.29, 0.717) is 16.3 Å². The lowest BCUT2D eigenvalue weighted by atomic mass is 10.1. The Morgan fingerprint density at radius 3 is 2.64 bits per heavy atom. The van der Waals surface area contributed by atoms with Gasteiger partial charge in [-0.25, -0.2) is 0 Å². The summed E-state index contributed by atoms with van der Waals surface area (Å²) in [6.07, 6.45) is 0. The summed E-state index contributed by atoms with van der Waals surface area (Å²) in [6.45, 7) is 0.818. The summed E-state index contributed by atoms with van der Waals surface area (Å²) in [5.41, 5.74) is 2.38. The van der Waals surface area contributed by atoms with E-state index < -0.39 is 0 Å². The maximum absolute atomic E-state index is 12.3. The Bertz CT molecular complexity index is 671. The normalized spacial score (nSPS) is 10.6. The van der Waals surface area contributed by atoms with E-state index in [0.717, 1.165) is 17.8 Å². The van der Waals surface area contributed by atoms with Crippen molar-refractivity contribution in [3.8, 4) is 5.75 Å². The van der Waals surface area contributed by atoms with Gasteiger partial charge in [-0.05, 0) is 50.0 Å². The van der Waals surface area contributed by atoms with Crippen LogP contribution in [-0.4, -0.2) is 32.0 Å².